The molecule has 0 spiro atoms. The first-order valence-corrected chi connectivity index (χ1v) is 7.30. The molecule has 1 aliphatic carbocycles. The van der Waals surface area contributed by atoms with Crippen LogP contribution in [0.1, 0.15) is 32.6 Å². The van der Waals surface area contributed by atoms with Crippen molar-refractivity contribution in [3.8, 4) is 5.75 Å². The molecule has 110 valence electrons. The molecule has 0 saturated heterocycles. The number of nitrogens with one attached hydrogen (secondary N) is 2. The van der Waals surface area contributed by atoms with E-state index in [0.29, 0.717) is 17.2 Å². The second-order valence-corrected chi connectivity index (χ2v) is 5.52. The normalized spacial score (nSPS) is 15.3. The van der Waals surface area contributed by atoms with Crippen LogP contribution in [0.2, 0.25) is 0 Å². The molecule has 3 rings (SSSR count). The summed E-state index contributed by atoms with van der Waals surface area (Å²) < 4.78 is 0. The number of pyridine rings is 1. The zero-order chi connectivity index (χ0) is 14.8. The Morgan fingerprint density at radius 1 is 1.24 bits per heavy atom. The van der Waals surface area contributed by atoms with Gasteiger partial charge in [-0.15, -0.1) is 0 Å². The fourth-order valence-corrected chi connectivity index (χ4v) is 2.91. The second kappa shape index (κ2) is 5.60. The average Bonchev–Trinajstić information content (AvgIpc) is 2.95. The van der Waals surface area contributed by atoms with Crippen LogP contribution in [-0.4, -0.2) is 22.0 Å². The van der Waals surface area contributed by atoms with E-state index < -0.39 is 0 Å². The van der Waals surface area contributed by atoms with Gasteiger partial charge in [0.15, 0.2) is 5.75 Å². The van der Waals surface area contributed by atoms with Crippen LogP contribution in [0.4, 0.5) is 11.4 Å². The van der Waals surface area contributed by atoms with Crippen molar-refractivity contribution in [2.24, 2.45) is 0 Å². The van der Waals surface area contributed by atoms with Crippen molar-refractivity contribution < 1.29 is 9.90 Å². The van der Waals surface area contributed by atoms with Crippen molar-refractivity contribution in [1.82, 2.24) is 4.98 Å². The van der Waals surface area contributed by atoms with Gasteiger partial charge in [-0.2, -0.15) is 0 Å². The number of phenolic OH excluding ortho intramolecular Hbond substituents is 1. The van der Waals surface area contributed by atoms with Gasteiger partial charge in [0.2, 0.25) is 5.91 Å². The predicted octanol–water partition coefficient (Wildman–Crippen LogP) is 3.25. The van der Waals surface area contributed by atoms with Gasteiger partial charge in [-0.3, -0.25) is 9.78 Å². The van der Waals surface area contributed by atoms with Gasteiger partial charge < -0.3 is 15.7 Å². The highest BCUT2D eigenvalue weighted by Crippen LogP contribution is 2.35. The minimum atomic E-state index is -0.218. The molecule has 1 aromatic heterocycles. The van der Waals surface area contributed by atoms with Crippen molar-refractivity contribution in [1.29, 1.82) is 0 Å². The molecule has 1 fully saturated rings. The molecule has 1 aliphatic rings. The predicted molar refractivity (Wildman–Crippen MR) is 83.6 cm³/mol. The summed E-state index contributed by atoms with van der Waals surface area (Å²) in [7, 11) is 0. The van der Waals surface area contributed by atoms with Crippen LogP contribution >= 0.6 is 0 Å². The first-order chi connectivity index (χ1) is 10.1. The summed E-state index contributed by atoms with van der Waals surface area (Å²) in [5.74, 6) is -0.206. The fraction of sp³-hybridized carbons (Fsp3) is 0.375. The Labute approximate surface area is 123 Å². The second-order valence-electron chi connectivity index (χ2n) is 5.52. The zero-order valence-electron chi connectivity index (χ0n) is 12.0. The van der Waals surface area contributed by atoms with Gasteiger partial charge >= 0.3 is 0 Å². The van der Waals surface area contributed by atoms with Crippen molar-refractivity contribution in [2.45, 2.75) is 38.6 Å². The molecule has 0 unspecified atom stereocenters. The lowest BCUT2D eigenvalue weighted by molar-refractivity contribution is -0.114. The molecule has 0 radical (unpaired) electrons. The molecule has 1 aromatic carbocycles. The minimum Gasteiger partial charge on any atom is -0.504 e. The number of carbonyl (C=O) groups excluding carboxylic acids is 1. The van der Waals surface area contributed by atoms with E-state index in [4.69, 9.17) is 0 Å². The number of hydrogen-bond acceptors (Lipinski definition) is 4. The lowest BCUT2D eigenvalue weighted by Crippen LogP contribution is -2.14. The highest BCUT2D eigenvalue weighted by molar-refractivity contribution is 6.01. The summed E-state index contributed by atoms with van der Waals surface area (Å²) in [6, 6.07) is 6.01. The number of anilines is 2. The number of fused-ring (bicyclic) bond motifs is 1. The van der Waals surface area contributed by atoms with E-state index >= 15 is 0 Å². The molecule has 0 atom stereocenters. The number of phenols is 1. The highest BCUT2D eigenvalue weighted by atomic mass is 16.3. The van der Waals surface area contributed by atoms with Crippen molar-refractivity contribution in [3.63, 3.8) is 0 Å². The van der Waals surface area contributed by atoms with E-state index in [1.165, 1.54) is 32.6 Å². The summed E-state index contributed by atoms with van der Waals surface area (Å²) >= 11 is 0. The van der Waals surface area contributed by atoms with E-state index in [1.807, 2.05) is 12.1 Å². The summed E-state index contributed by atoms with van der Waals surface area (Å²) in [6.45, 7) is 1.41. The van der Waals surface area contributed by atoms with Gasteiger partial charge in [0, 0.05) is 30.2 Å². The molecular formula is C16H19N3O2. The Bertz CT molecular complexity index is 679. The lowest BCUT2D eigenvalue weighted by Gasteiger charge is -2.16. The zero-order valence-corrected chi connectivity index (χ0v) is 12.0. The van der Waals surface area contributed by atoms with Gasteiger partial charge in [0.1, 0.15) is 5.52 Å². The third-order valence-electron chi connectivity index (χ3n) is 3.91. The van der Waals surface area contributed by atoms with E-state index in [2.05, 4.69) is 15.6 Å². The third kappa shape index (κ3) is 2.77. The van der Waals surface area contributed by atoms with Gasteiger partial charge in [-0.25, -0.2) is 0 Å². The topological polar surface area (TPSA) is 74.2 Å². The van der Waals surface area contributed by atoms with Gasteiger partial charge in [0.05, 0.1) is 5.69 Å². The quantitative estimate of drug-likeness (QED) is 0.757. The van der Waals surface area contributed by atoms with E-state index in [0.717, 1.165) is 11.1 Å². The smallest absolute Gasteiger partial charge is 0.221 e. The summed E-state index contributed by atoms with van der Waals surface area (Å²) in [5, 5.41) is 17.3. The largest absolute Gasteiger partial charge is 0.504 e. The SMILES string of the molecule is CC(=O)Nc1ccc2c(NC3CCCC3)ccnc2c1O. The van der Waals surface area contributed by atoms with Crippen LogP contribution in [0.5, 0.6) is 5.75 Å². The molecule has 1 saturated carbocycles. The van der Waals surface area contributed by atoms with E-state index in [9.17, 15) is 9.90 Å². The fourth-order valence-electron chi connectivity index (χ4n) is 2.91. The molecule has 3 N–H and O–H groups in total. The Hall–Kier alpha value is -2.30. The summed E-state index contributed by atoms with van der Waals surface area (Å²) in [6.07, 6.45) is 6.56. The Kier molecular flexibility index (Phi) is 3.64. The molecule has 21 heavy (non-hydrogen) atoms. The first kappa shape index (κ1) is 13.7. The van der Waals surface area contributed by atoms with Gasteiger partial charge in [0.25, 0.3) is 0 Å². The average molecular weight is 285 g/mol. The van der Waals surface area contributed by atoms with Crippen LogP contribution in [0.25, 0.3) is 10.9 Å². The molecule has 5 heteroatoms. The maximum atomic E-state index is 11.1. The van der Waals surface area contributed by atoms with Crippen LogP contribution < -0.4 is 10.6 Å². The number of aromatic nitrogens is 1. The van der Waals surface area contributed by atoms with Crippen LogP contribution in [0.3, 0.4) is 0 Å². The molecule has 1 amide bonds. The Morgan fingerprint density at radius 3 is 2.71 bits per heavy atom. The molecular weight excluding hydrogens is 266 g/mol. The number of aromatic hydroxyl groups is 1. The number of rotatable bonds is 3. The lowest BCUT2D eigenvalue weighted by atomic mass is 10.1. The highest BCUT2D eigenvalue weighted by Gasteiger charge is 2.17. The number of carbonyl (C=O) groups is 1. The molecule has 5 nitrogen and oxygen atoms in total. The van der Waals surface area contributed by atoms with E-state index in [-0.39, 0.29) is 11.7 Å². The van der Waals surface area contributed by atoms with Crippen molar-refractivity contribution >= 4 is 28.2 Å². The first-order valence-electron chi connectivity index (χ1n) is 7.30. The Morgan fingerprint density at radius 2 is 2.00 bits per heavy atom. The molecule has 0 bridgehead atoms. The minimum absolute atomic E-state index is 0.0118. The summed E-state index contributed by atoms with van der Waals surface area (Å²) in [4.78, 5) is 15.4. The molecule has 2 aromatic rings. The van der Waals surface area contributed by atoms with Crippen LogP contribution in [0.15, 0.2) is 24.4 Å². The monoisotopic (exact) mass is 285 g/mol. The number of benzene rings is 1. The van der Waals surface area contributed by atoms with E-state index in [1.54, 1.807) is 12.3 Å². The Balaban J connectivity index is 1.99. The standard InChI is InChI=1S/C16H19N3O2/c1-10(20)18-14-7-6-12-13(19-11-4-2-3-5-11)8-9-17-15(12)16(14)21/h6-9,11,21H,2-5H2,1H3,(H,17,19)(H,18,20). The number of hydrogen-bond donors (Lipinski definition) is 3. The number of nitrogens with zero attached hydrogens (tertiary/aromatic N) is 1. The van der Waals surface area contributed by atoms with Crippen LogP contribution in [0, 0.1) is 0 Å². The van der Waals surface area contributed by atoms with Crippen molar-refractivity contribution in [2.75, 3.05) is 10.6 Å². The summed E-state index contributed by atoms with van der Waals surface area (Å²) in [5.41, 5.74) is 1.88. The number of amides is 1. The third-order valence-corrected chi connectivity index (χ3v) is 3.91. The molecule has 1 heterocycles. The van der Waals surface area contributed by atoms with Crippen molar-refractivity contribution in [3.05, 3.63) is 24.4 Å². The van der Waals surface area contributed by atoms with Gasteiger partial charge in [-0.05, 0) is 31.0 Å². The maximum Gasteiger partial charge on any atom is 0.221 e. The maximum absolute atomic E-state index is 11.1. The van der Waals surface area contributed by atoms with Crippen LogP contribution in [-0.2, 0) is 4.79 Å². The van der Waals surface area contributed by atoms with Gasteiger partial charge in [-0.1, -0.05) is 12.8 Å². The molecule has 0 aliphatic heterocycles.